The first kappa shape index (κ1) is 21.4. The maximum Gasteiger partial charge on any atom is 0.230 e. The Morgan fingerprint density at radius 2 is 1.77 bits per heavy atom. The van der Waals surface area contributed by atoms with E-state index >= 15 is 0 Å². The fraction of sp³-hybridized carbons (Fsp3) is 0.174. The SMILES string of the molecule is CC(NC(=O)CSc1nnc(-c2ccc(Br)o2)n1Cc1ccccc1)c1ccccc1. The third kappa shape index (κ3) is 5.45. The number of aromatic nitrogens is 3. The molecule has 1 amide bonds. The van der Waals surface area contributed by atoms with Gasteiger partial charge in [0.1, 0.15) is 0 Å². The van der Waals surface area contributed by atoms with Gasteiger partial charge in [0.25, 0.3) is 0 Å². The Hall–Kier alpha value is -2.84. The van der Waals surface area contributed by atoms with E-state index in [9.17, 15) is 4.79 Å². The minimum atomic E-state index is -0.0625. The van der Waals surface area contributed by atoms with Gasteiger partial charge in [0.2, 0.25) is 11.7 Å². The van der Waals surface area contributed by atoms with Crippen molar-refractivity contribution in [2.75, 3.05) is 5.75 Å². The number of furan rings is 1. The van der Waals surface area contributed by atoms with E-state index in [4.69, 9.17) is 4.42 Å². The molecule has 0 aliphatic rings. The van der Waals surface area contributed by atoms with E-state index in [-0.39, 0.29) is 17.7 Å². The second-order valence-corrected chi connectivity index (χ2v) is 8.69. The molecule has 0 spiro atoms. The topological polar surface area (TPSA) is 73.0 Å². The lowest BCUT2D eigenvalue weighted by Gasteiger charge is -2.14. The van der Waals surface area contributed by atoms with Gasteiger partial charge in [-0.25, -0.2) is 0 Å². The van der Waals surface area contributed by atoms with Crippen LogP contribution >= 0.6 is 27.7 Å². The van der Waals surface area contributed by atoms with Gasteiger partial charge in [-0.15, -0.1) is 10.2 Å². The van der Waals surface area contributed by atoms with Crippen molar-refractivity contribution >= 4 is 33.6 Å². The number of thioether (sulfide) groups is 1. The molecule has 0 aliphatic heterocycles. The number of carbonyl (C=O) groups is 1. The zero-order chi connectivity index (χ0) is 21.6. The van der Waals surface area contributed by atoms with Crippen LogP contribution in [0.25, 0.3) is 11.6 Å². The van der Waals surface area contributed by atoms with Crippen molar-refractivity contribution in [3.63, 3.8) is 0 Å². The van der Waals surface area contributed by atoms with Crippen LogP contribution in [0.1, 0.15) is 24.1 Å². The van der Waals surface area contributed by atoms with E-state index in [1.807, 2.05) is 84.3 Å². The van der Waals surface area contributed by atoms with E-state index in [2.05, 4.69) is 31.4 Å². The largest absolute Gasteiger partial charge is 0.446 e. The number of hydrogen-bond acceptors (Lipinski definition) is 5. The quantitative estimate of drug-likeness (QED) is 0.334. The first-order valence-corrected chi connectivity index (χ1v) is 11.6. The van der Waals surface area contributed by atoms with Crippen molar-refractivity contribution in [2.24, 2.45) is 0 Å². The zero-order valence-corrected chi connectivity index (χ0v) is 19.3. The third-order valence-electron chi connectivity index (χ3n) is 4.70. The smallest absolute Gasteiger partial charge is 0.230 e. The van der Waals surface area contributed by atoms with Crippen LogP contribution < -0.4 is 5.32 Å². The van der Waals surface area contributed by atoms with Crippen molar-refractivity contribution in [3.05, 3.63) is 88.6 Å². The number of halogens is 1. The molecule has 8 heteroatoms. The van der Waals surface area contributed by atoms with Crippen LogP contribution in [0.3, 0.4) is 0 Å². The number of nitrogens with one attached hydrogen (secondary N) is 1. The molecule has 4 rings (SSSR count). The number of rotatable bonds is 8. The summed E-state index contributed by atoms with van der Waals surface area (Å²) >= 11 is 4.70. The summed E-state index contributed by atoms with van der Waals surface area (Å²) in [5.74, 6) is 1.42. The second kappa shape index (κ2) is 9.98. The van der Waals surface area contributed by atoms with Crippen molar-refractivity contribution in [1.29, 1.82) is 0 Å². The van der Waals surface area contributed by atoms with Gasteiger partial charge >= 0.3 is 0 Å². The number of amides is 1. The van der Waals surface area contributed by atoms with Crippen molar-refractivity contribution in [3.8, 4) is 11.6 Å². The molecule has 1 atom stereocenters. The minimum Gasteiger partial charge on any atom is -0.446 e. The predicted molar refractivity (Wildman–Crippen MR) is 125 cm³/mol. The second-order valence-electron chi connectivity index (χ2n) is 6.97. The fourth-order valence-electron chi connectivity index (χ4n) is 3.16. The van der Waals surface area contributed by atoms with E-state index < -0.39 is 0 Å². The highest BCUT2D eigenvalue weighted by atomic mass is 79.9. The monoisotopic (exact) mass is 496 g/mol. The molecule has 1 unspecified atom stereocenters. The number of hydrogen-bond donors (Lipinski definition) is 1. The molecular formula is C23H21BrN4O2S. The lowest BCUT2D eigenvalue weighted by atomic mass is 10.1. The summed E-state index contributed by atoms with van der Waals surface area (Å²) in [6.07, 6.45) is 0. The molecule has 0 bridgehead atoms. The number of benzene rings is 2. The first-order chi connectivity index (χ1) is 15.1. The van der Waals surface area contributed by atoms with Gasteiger partial charge < -0.3 is 9.73 Å². The normalized spacial score (nSPS) is 11.9. The van der Waals surface area contributed by atoms with E-state index in [1.54, 1.807) is 0 Å². The molecule has 0 radical (unpaired) electrons. The van der Waals surface area contributed by atoms with Crippen molar-refractivity contribution < 1.29 is 9.21 Å². The van der Waals surface area contributed by atoms with Crippen LogP contribution in [0.5, 0.6) is 0 Å². The van der Waals surface area contributed by atoms with Crippen molar-refractivity contribution in [2.45, 2.75) is 24.7 Å². The van der Waals surface area contributed by atoms with Gasteiger partial charge in [0.15, 0.2) is 15.6 Å². The zero-order valence-electron chi connectivity index (χ0n) is 16.9. The van der Waals surface area contributed by atoms with Crippen LogP contribution in [-0.2, 0) is 11.3 Å². The maximum absolute atomic E-state index is 12.5. The number of carbonyl (C=O) groups excluding carboxylic acids is 1. The first-order valence-electron chi connectivity index (χ1n) is 9.80. The molecule has 2 heterocycles. The van der Waals surface area contributed by atoms with E-state index in [0.29, 0.717) is 28.0 Å². The van der Waals surface area contributed by atoms with Gasteiger partial charge in [0.05, 0.1) is 18.3 Å². The summed E-state index contributed by atoms with van der Waals surface area (Å²) in [6.45, 7) is 2.55. The predicted octanol–water partition coefficient (Wildman–Crippen LogP) is 5.32. The molecule has 158 valence electrons. The molecule has 1 N–H and O–H groups in total. The molecule has 0 saturated carbocycles. The molecule has 0 aliphatic carbocycles. The summed E-state index contributed by atoms with van der Waals surface area (Å²) in [7, 11) is 0. The molecular weight excluding hydrogens is 476 g/mol. The lowest BCUT2D eigenvalue weighted by Crippen LogP contribution is -2.28. The Morgan fingerprint density at radius 1 is 1.06 bits per heavy atom. The Kier molecular flexibility index (Phi) is 6.89. The van der Waals surface area contributed by atoms with E-state index in [0.717, 1.165) is 11.1 Å². The molecule has 2 aromatic carbocycles. The Balaban J connectivity index is 1.49. The van der Waals surface area contributed by atoms with E-state index in [1.165, 1.54) is 11.8 Å². The molecule has 0 fully saturated rings. The highest BCUT2D eigenvalue weighted by Gasteiger charge is 2.19. The highest BCUT2D eigenvalue weighted by Crippen LogP contribution is 2.28. The minimum absolute atomic E-state index is 0.0575. The van der Waals surface area contributed by atoms with Crippen LogP contribution in [-0.4, -0.2) is 26.4 Å². The summed E-state index contributed by atoms with van der Waals surface area (Å²) in [4.78, 5) is 12.5. The standard InChI is InChI=1S/C23H21BrN4O2S/c1-16(18-10-6-3-7-11-18)25-21(29)15-31-23-27-26-22(19-12-13-20(24)30-19)28(23)14-17-8-4-2-5-9-17/h2-13,16H,14-15H2,1H3,(H,25,29). The van der Waals surface area contributed by atoms with Crippen molar-refractivity contribution in [1.82, 2.24) is 20.1 Å². The van der Waals surface area contributed by atoms with Crippen LogP contribution in [0.15, 0.2) is 87.0 Å². The third-order valence-corrected chi connectivity index (χ3v) is 6.10. The summed E-state index contributed by atoms with van der Waals surface area (Å²) in [5.41, 5.74) is 2.18. The molecule has 6 nitrogen and oxygen atoms in total. The average molecular weight is 497 g/mol. The van der Waals surface area contributed by atoms with Gasteiger partial charge in [-0.3, -0.25) is 9.36 Å². The number of nitrogens with zero attached hydrogens (tertiary/aromatic N) is 3. The highest BCUT2D eigenvalue weighted by molar-refractivity contribution is 9.10. The summed E-state index contributed by atoms with van der Waals surface area (Å²) in [6, 6.07) is 23.6. The van der Waals surface area contributed by atoms with Crippen LogP contribution in [0, 0.1) is 0 Å². The van der Waals surface area contributed by atoms with Gasteiger partial charge in [-0.1, -0.05) is 72.4 Å². The maximum atomic E-state index is 12.5. The van der Waals surface area contributed by atoms with Gasteiger partial charge in [-0.2, -0.15) is 0 Å². The Morgan fingerprint density at radius 3 is 2.45 bits per heavy atom. The molecule has 0 saturated heterocycles. The van der Waals surface area contributed by atoms with Crippen LogP contribution in [0.2, 0.25) is 0 Å². The fourth-order valence-corrected chi connectivity index (χ4v) is 4.21. The molecule has 4 aromatic rings. The summed E-state index contributed by atoms with van der Waals surface area (Å²) in [5, 5.41) is 12.4. The van der Waals surface area contributed by atoms with Gasteiger partial charge in [0, 0.05) is 0 Å². The Labute approximate surface area is 193 Å². The molecule has 2 aromatic heterocycles. The van der Waals surface area contributed by atoms with Gasteiger partial charge in [-0.05, 0) is 46.1 Å². The molecule has 31 heavy (non-hydrogen) atoms. The lowest BCUT2D eigenvalue weighted by molar-refractivity contribution is -0.119. The van der Waals surface area contributed by atoms with Crippen LogP contribution in [0.4, 0.5) is 0 Å². The Bertz CT molecular complexity index is 1140. The summed E-state index contributed by atoms with van der Waals surface area (Å²) < 4.78 is 8.29. The average Bonchev–Trinajstić information content (AvgIpc) is 3.39.